The van der Waals surface area contributed by atoms with Gasteiger partial charge < -0.3 is 14.6 Å². The zero-order valence-electron chi connectivity index (χ0n) is 10.9. The molecule has 0 aliphatic carbocycles. The Morgan fingerprint density at radius 2 is 2.33 bits per heavy atom. The molecule has 0 aliphatic heterocycles. The number of thiazole rings is 1. The van der Waals surface area contributed by atoms with Crippen molar-refractivity contribution < 1.29 is 4.74 Å². The fourth-order valence-corrected chi connectivity index (χ4v) is 2.42. The minimum atomic E-state index is 0.160. The Balaban J connectivity index is 2.02. The van der Waals surface area contributed by atoms with Crippen molar-refractivity contribution in [3.05, 3.63) is 28.5 Å². The van der Waals surface area contributed by atoms with E-state index in [2.05, 4.69) is 29.1 Å². The number of methoxy groups -OCH3 is 1. The smallest absolute Gasteiger partial charge is 0.203 e. The van der Waals surface area contributed by atoms with E-state index in [9.17, 15) is 0 Å². The molecule has 0 radical (unpaired) electrons. The molecular weight excluding hydrogens is 248 g/mol. The van der Waals surface area contributed by atoms with Crippen molar-refractivity contribution in [3.8, 4) is 0 Å². The van der Waals surface area contributed by atoms with Crippen LogP contribution in [-0.4, -0.2) is 28.3 Å². The van der Waals surface area contributed by atoms with Gasteiger partial charge in [-0.1, -0.05) is 0 Å². The minimum Gasteiger partial charge on any atom is -0.383 e. The van der Waals surface area contributed by atoms with Crippen molar-refractivity contribution in [2.24, 2.45) is 0 Å². The van der Waals surface area contributed by atoms with E-state index >= 15 is 0 Å². The summed E-state index contributed by atoms with van der Waals surface area (Å²) >= 11 is 1.71. The molecule has 0 aromatic carbocycles. The molecule has 5 nitrogen and oxygen atoms in total. The van der Waals surface area contributed by atoms with E-state index in [-0.39, 0.29) is 6.04 Å². The summed E-state index contributed by atoms with van der Waals surface area (Å²) in [5, 5.41) is 4.45. The first-order valence-corrected chi connectivity index (χ1v) is 6.71. The van der Waals surface area contributed by atoms with E-state index in [1.165, 1.54) is 4.88 Å². The maximum absolute atomic E-state index is 5.08. The third kappa shape index (κ3) is 3.08. The summed E-state index contributed by atoms with van der Waals surface area (Å²) in [4.78, 5) is 9.92. The summed E-state index contributed by atoms with van der Waals surface area (Å²) in [6, 6.07) is 0.160. The van der Waals surface area contributed by atoms with Crippen LogP contribution in [0.5, 0.6) is 0 Å². The predicted octanol–water partition coefficient (Wildman–Crippen LogP) is 2.47. The van der Waals surface area contributed by atoms with Gasteiger partial charge in [0, 0.05) is 37.1 Å². The monoisotopic (exact) mass is 266 g/mol. The molecule has 0 bridgehead atoms. The summed E-state index contributed by atoms with van der Waals surface area (Å²) in [7, 11) is 1.70. The van der Waals surface area contributed by atoms with Gasteiger partial charge in [-0.05, 0) is 13.8 Å². The normalized spacial score (nSPS) is 12.6. The lowest BCUT2D eigenvalue weighted by atomic mass is 10.3. The van der Waals surface area contributed by atoms with Gasteiger partial charge in [-0.2, -0.15) is 0 Å². The molecule has 0 amide bonds. The van der Waals surface area contributed by atoms with Crippen LogP contribution in [0.4, 0.5) is 5.95 Å². The van der Waals surface area contributed by atoms with Gasteiger partial charge in [0.1, 0.15) is 5.01 Å². The number of hydrogen-bond donors (Lipinski definition) is 1. The highest BCUT2D eigenvalue weighted by atomic mass is 32.1. The van der Waals surface area contributed by atoms with Crippen LogP contribution in [0, 0.1) is 6.92 Å². The molecule has 6 heteroatoms. The molecule has 18 heavy (non-hydrogen) atoms. The van der Waals surface area contributed by atoms with Crippen LogP contribution >= 0.6 is 11.3 Å². The van der Waals surface area contributed by atoms with Crippen molar-refractivity contribution in [3.63, 3.8) is 0 Å². The molecule has 2 aromatic heterocycles. The SMILES string of the molecule is COCCn1ccnc1NC(C)c1ncc(C)s1. The van der Waals surface area contributed by atoms with E-state index in [0.717, 1.165) is 17.5 Å². The van der Waals surface area contributed by atoms with Gasteiger partial charge in [0.2, 0.25) is 5.95 Å². The number of hydrogen-bond acceptors (Lipinski definition) is 5. The molecule has 1 N–H and O–H groups in total. The molecule has 0 aliphatic rings. The van der Waals surface area contributed by atoms with Crippen LogP contribution in [0.25, 0.3) is 0 Å². The van der Waals surface area contributed by atoms with Crippen molar-refractivity contribution >= 4 is 17.3 Å². The highest BCUT2D eigenvalue weighted by Crippen LogP contribution is 2.22. The molecule has 1 atom stereocenters. The predicted molar refractivity (Wildman–Crippen MR) is 73.0 cm³/mol. The fraction of sp³-hybridized carbons (Fsp3) is 0.500. The lowest BCUT2D eigenvalue weighted by Crippen LogP contribution is -2.13. The van der Waals surface area contributed by atoms with Gasteiger partial charge in [-0.15, -0.1) is 11.3 Å². The molecule has 0 saturated heterocycles. The highest BCUT2D eigenvalue weighted by molar-refractivity contribution is 7.11. The van der Waals surface area contributed by atoms with Gasteiger partial charge in [0.15, 0.2) is 0 Å². The van der Waals surface area contributed by atoms with Crippen LogP contribution in [0.1, 0.15) is 22.9 Å². The molecule has 2 rings (SSSR count). The van der Waals surface area contributed by atoms with Crippen LogP contribution in [0.2, 0.25) is 0 Å². The zero-order valence-corrected chi connectivity index (χ0v) is 11.7. The standard InChI is InChI=1S/C12H18N4OS/c1-9-8-14-11(18-9)10(2)15-12-13-4-5-16(12)6-7-17-3/h4-5,8,10H,6-7H2,1-3H3,(H,13,15). The number of ether oxygens (including phenoxy) is 1. The van der Waals surface area contributed by atoms with E-state index in [0.29, 0.717) is 6.61 Å². The number of imidazole rings is 1. The topological polar surface area (TPSA) is 52.0 Å². The maximum atomic E-state index is 5.08. The van der Waals surface area contributed by atoms with Crippen LogP contribution in [0.15, 0.2) is 18.6 Å². The Labute approximate surface area is 111 Å². The highest BCUT2D eigenvalue weighted by Gasteiger charge is 2.12. The molecular formula is C12H18N4OS. The molecule has 0 saturated carbocycles. The molecule has 2 aromatic rings. The number of anilines is 1. The Morgan fingerprint density at radius 3 is 3.00 bits per heavy atom. The summed E-state index contributed by atoms with van der Waals surface area (Å²) in [6.45, 7) is 5.62. The minimum absolute atomic E-state index is 0.160. The Hall–Kier alpha value is -1.40. The number of rotatable bonds is 6. The van der Waals surface area contributed by atoms with Crippen LogP contribution < -0.4 is 5.32 Å². The van der Waals surface area contributed by atoms with Gasteiger partial charge >= 0.3 is 0 Å². The third-order valence-corrected chi connectivity index (χ3v) is 3.70. The number of aromatic nitrogens is 3. The van der Waals surface area contributed by atoms with Crippen molar-refractivity contribution in [2.45, 2.75) is 26.4 Å². The Morgan fingerprint density at radius 1 is 1.50 bits per heavy atom. The Bertz CT molecular complexity index is 494. The molecule has 0 fully saturated rings. The van der Waals surface area contributed by atoms with Gasteiger partial charge in [-0.3, -0.25) is 0 Å². The van der Waals surface area contributed by atoms with Crippen molar-refractivity contribution in [1.29, 1.82) is 0 Å². The second-order valence-electron chi connectivity index (χ2n) is 4.11. The second kappa shape index (κ2) is 5.97. The molecule has 0 spiro atoms. The second-order valence-corrected chi connectivity index (χ2v) is 5.38. The van der Waals surface area contributed by atoms with Gasteiger partial charge in [0.25, 0.3) is 0 Å². The summed E-state index contributed by atoms with van der Waals surface area (Å²) in [5.74, 6) is 0.854. The summed E-state index contributed by atoms with van der Waals surface area (Å²) < 4.78 is 7.12. The van der Waals surface area contributed by atoms with E-state index < -0.39 is 0 Å². The van der Waals surface area contributed by atoms with Gasteiger partial charge in [-0.25, -0.2) is 9.97 Å². The molecule has 98 valence electrons. The lowest BCUT2D eigenvalue weighted by Gasteiger charge is -2.13. The number of nitrogens with zero attached hydrogens (tertiary/aromatic N) is 3. The lowest BCUT2D eigenvalue weighted by molar-refractivity contribution is 0.187. The summed E-state index contributed by atoms with van der Waals surface area (Å²) in [6.07, 6.45) is 5.63. The average molecular weight is 266 g/mol. The fourth-order valence-electron chi connectivity index (χ4n) is 1.65. The number of nitrogens with one attached hydrogen (secondary N) is 1. The first-order chi connectivity index (χ1) is 8.70. The maximum Gasteiger partial charge on any atom is 0.203 e. The van der Waals surface area contributed by atoms with E-state index in [1.807, 2.05) is 17.0 Å². The molecule has 1 unspecified atom stereocenters. The zero-order chi connectivity index (χ0) is 13.0. The Kier molecular flexibility index (Phi) is 4.33. The van der Waals surface area contributed by atoms with Crippen molar-refractivity contribution in [2.75, 3.05) is 19.0 Å². The quantitative estimate of drug-likeness (QED) is 0.872. The van der Waals surface area contributed by atoms with E-state index in [1.54, 1.807) is 24.6 Å². The number of aryl methyl sites for hydroxylation is 1. The van der Waals surface area contributed by atoms with Crippen LogP contribution in [0.3, 0.4) is 0 Å². The van der Waals surface area contributed by atoms with E-state index in [4.69, 9.17) is 4.74 Å². The third-order valence-electron chi connectivity index (χ3n) is 2.61. The summed E-state index contributed by atoms with van der Waals surface area (Å²) in [5.41, 5.74) is 0. The van der Waals surface area contributed by atoms with Crippen molar-refractivity contribution in [1.82, 2.24) is 14.5 Å². The largest absolute Gasteiger partial charge is 0.383 e. The molecule has 2 heterocycles. The van der Waals surface area contributed by atoms with Crippen LogP contribution in [-0.2, 0) is 11.3 Å². The first kappa shape index (κ1) is 13.0. The first-order valence-electron chi connectivity index (χ1n) is 5.89. The van der Waals surface area contributed by atoms with Gasteiger partial charge in [0.05, 0.1) is 12.6 Å². The average Bonchev–Trinajstić information content (AvgIpc) is 2.96.